The summed E-state index contributed by atoms with van der Waals surface area (Å²) in [7, 11) is 0. The van der Waals surface area contributed by atoms with E-state index in [4.69, 9.17) is 5.11 Å². The van der Waals surface area contributed by atoms with Crippen LogP contribution < -0.4 is 0 Å². The number of rotatable bonds is 3. The highest BCUT2D eigenvalue weighted by Crippen LogP contribution is 2.28. The second-order valence-electron chi connectivity index (χ2n) is 4.51. The molecule has 1 aromatic carbocycles. The fourth-order valence-corrected chi connectivity index (χ4v) is 2.19. The van der Waals surface area contributed by atoms with Crippen molar-refractivity contribution in [2.24, 2.45) is 5.92 Å². The van der Waals surface area contributed by atoms with Gasteiger partial charge in [0.2, 0.25) is 5.91 Å². The van der Waals surface area contributed by atoms with Gasteiger partial charge >= 0.3 is 5.97 Å². The quantitative estimate of drug-likeness (QED) is 0.891. The zero-order valence-corrected chi connectivity index (χ0v) is 9.97. The van der Waals surface area contributed by atoms with Crippen LogP contribution in [0.1, 0.15) is 24.9 Å². The summed E-state index contributed by atoms with van der Waals surface area (Å²) >= 11 is 0. The maximum Gasteiger partial charge on any atom is 0.308 e. The van der Waals surface area contributed by atoms with E-state index in [0.717, 1.165) is 5.56 Å². The van der Waals surface area contributed by atoms with Crippen molar-refractivity contribution in [3.05, 3.63) is 35.6 Å². The predicted molar refractivity (Wildman–Crippen MR) is 62.3 cm³/mol. The molecule has 96 valence electrons. The summed E-state index contributed by atoms with van der Waals surface area (Å²) in [5.41, 5.74) is 0.802. The Hall–Kier alpha value is -1.91. The number of carboxylic acid groups (broad SMARTS) is 1. The number of likely N-dealkylation sites (tertiary alicyclic amines) is 1. The Bertz CT molecular complexity index is 472. The van der Waals surface area contributed by atoms with Crippen molar-refractivity contribution in [2.45, 2.75) is 19.4 Å². The standard InChI is InChI=1S/C13H14FNO3/c1-8(9-2-4-11(14)5-3-9)15-7-10(13(17)18)6-12(15)16/h2-5,8,10H,6-7H2,1H3,(H,17,18). The number of benzene rings is 1. The molecule has 1 saturated heterocycles. The molecule has 0 saturated carbocycles. The van der Waals surface area contributed by atoms with Crippen molar-refractivity contribution in [3.63, 3.8) is 0 Å². The molecule has 1 aliphatic heterocycles. The molecule has 18 heavy (non-hydrogen) atoms. The SMILES string of the molecule is CC(c1ccc(F)cc1)N1CC(C(=O)O)CC1=O. The van der Waals surface area contributed by atoms with E-state index in [-0.39, 0.29) is 30.7 Å². The predicted octanol–water partition coefficient (Wildman–Crippen LogP) is 1.82. The average molecular weight is 251 g/mol. The Kier molecular flexibility index (Phi) is 3.32. The highest BCUT2D eigenvalue weighted by Gasteiger charge is 2.36. The van der Waals surface area contributed by atoms with E-state index in [0.29, 0.717) is 0 Å². The molecule has 1 heterocycles. The van der Waals surface area contributed by atoms with Gasteiger partial charge in [-0.05, 0) is 24.6 Å². The highest BCUT2D eigenvalue weighted by atomic mass is 19.1. The maximum atomic E-state index is 12.8. The molecular weight excluding hydrogens is 237 g/mol. The molecule has 5 heteroatoms. The summed E-state index contributed by atoms with van der Waals surface area (Å²) in [6.07, 6.45) is 0.0425. The van der Waals surface area contributed by atoms with Crippen LogP contribution in [0.5, 0.6) is 0 Å². The van der Waals surface area contributed by atoms with Gasteiger partial charge in [0.15, 0.2) is 0 Å². The van der Waals surface area contributed by atoms with Crippen LogP contribution in [-0.2, 0) is 9.59 Å². The van der Waals surface area contributed by atoms with Crippen LogP contribution in [-0.4, -0.2) is 28.4 Å². The molecule has 0 radical (unpaired) electrons. The molecule has 1 fully saturated rings. The van der Waals surface area contributed by atoms with Crippen LogP contribution in [0.25, 0.3) is 0 Å². The highest BCUT2D eigenvalue weighted by molar-refractivity contribution is 5.86. The minimum atomic E-state index is -0.947. The van der Waals surface area contributed by atoms with Gasteiger partial charge in [-0.15, -0.1) is 0 Å². The lowest BCUT2D eigenvalue weighted by Gasteiger charge is -2.24. The normalized spacial score (nSPS) is 21.1. The average Bonchev–Trinajstić information content (AvgIpc) is 2.71. The van der Waals surface area contributed by atoms with Crippen molar-refractivity contribution in [1.82, 2.24) is 4.90 Å². The van der Waals surface area contributed by atoms with Crippen molar-refractivity contribution >= 4 is 11.9 Å². The van der Waals surface area contributed by atoms with Gasteiger partial charge in [-0.25, -0.2) is 4.39 Å². The Labute approximate surface area is 104 Å². The monoisotopic (exact) mass is 251 g/mol. The van der Waals surface area contributed by atoms with Crippen molar-refractivity contribution in [3.8, 4) is 0 Å². The van der Waals surface area contributed by atoms with Gasteiger partial charge < -0.3 is 10.0 Å². The smallest absolute Gasteiger partial charge is 0.308 e. The summed E-state index contributed by atoms with van der Waals surface area (Å²) in [5, 5.41) is 8.91. The Balaban J connectivity index is 2.14. The van der Waals surface area contributed by atoms with E-state index in [9.17, 15) is 14.0 Å². The molecule has 1 aliphatic rings. The molecule has 1 amide bonds. The first-order valence-electron chi connectivity index (χ1n) is 5.76. The number of carboxylic acids is 1. The van der Waals surface area contributed by atoms with Gasteiger partial charge in [0.1, 0.15) is 5.82 Å². The fourth-order valence-electron chi connectivity index (χ4n) is 2.19. The van der Waals surface area contributed by atoms with Gasteiger partial charge in [-0.1, -0.05) is 12.1 Å². The molecule has 1 N–H and O–H groups in total. The summed E-state index contributed by atoms with van der Waals surface area (Å²) in [4.78, 5) is 24.2. The van der Waals surface area contributed by atoms with Gasteiger partial charge in [0.05, 0.1) is 12.0 Å². The first-order valence-corrected chi connectivity index (χ1v) is 5.76. The number of halogens is 1. The van der Waals surface area contributed by atoms with Crippen LogP contribution in [0.2, 0.25) is 0 Å². The van der Waals surface area contributed by atoms with Crippen LogP contribution in [0, 0.1) is 11.7 Å². The van der Waals surface area contributed by atoms with Crippen LogP contribution in [0.3, 0.4) is 0 Å². The molecular formula is C13H14FNO3. The summed E-state index contributed by atoms with van der Waals surface area (Å²) in [6, 6.07) is 5.66. The topological polar surface area (TPSA) is 57.6 Å². The summed E-state index contributed by atoms with van der Waals surface area (Å²) in [6.45, 7) is 2.03. The number of hydrogen-bond donors (Lipinski definition) is 1. The number of nitrogens with zero attached hydrogens (tertiary/aromatic N) is 1. The molecule has 0 aliphatic carbocycles. The van der Waals surface area contributed by atoms with Gasteiger partial charge in [0.25, 0.3) is 0 Å². The lowest BCUT2D eigenvalue weighted by molar-refractivity contribution is -0.141. The number of hydrogen-bond acceptors (Lipinski definition) is 2. The number of carbonyl (C=O) groups is 2. The van der Waals surface area contributed by atoms with Crippen molar-refractivity contribution in [1.29, 1.82) is 0 Å². The summed E-state index contributed by atoms with van der Waals surface area (Å²) in [5.74, 6) is -2.08. The van der Waals surface area contributed by atoms with E-state index in [1.807, 2.05) is 6.92 Å². The van der Waals surface area contributed by atoms with E-state index in [1.165, 1.54) is 17.0 Å². The third-order valence-corrected chi connectivity index (χ3v) is 3.33. The van der Waals surface area contributed by atoms with Crippen LogP contribution >= 0.6 is 0 Å². The molecule has 0 bridgehead atoms. The van der Waals surface area contributed by atoms with Gasteiger partial charge in [-0.2, -0.15) is 0 Å². The molecule has 2 unspecified atom stereocenters. The summed E-state index contributed by atoms with van der Waals surface area (Å²) < 4.78 is 12.8. The largest absolute Gasteiger partial charge is 0.481 e. The zero-order chi connectivity index (χ0) is 13.3. The lowest BCUT2D eigenvalue weighted by Crippen LogP contribution is -2.29. The third-order valence-electron chi connectivity index (χ3n) is 3.33. The van der Waals surface area contributed by atoms with E-state index in [1.54, 1.807) is 12.1 Å². The molecule has 2 atom stereocenters. The Morgan fingerprint density at radius 2 is 2.06 bits per heavy atom. The van der Waals surface area contributed by atoms with Gasteiger partial charge in [-0.3, -0.25) is 9.59 Å². The molecule has 4 nitrogen and oxygen atoms in total. The molecule has 0 spiro atoms. The van der Waals surface area contributed by atoms with Gasteiger partial charge in [0, 0.05) is 13.0 Å². The number of amides is 1. The third kappa shape index (κ3) is 2.34. The van der Waals surface area contributed by atoms with Crippen LogP contribution in [0.4, 0.5) is 4.39 Å². The van der Waals surface area contributed by atoms with E-state index in [2.05, 4.69) is 0 Å². The second kappa shape index (κ2) is 4.76. The molecule has 2 rings (SSSR count). The van der Waals surface area contributed by atoms with Crippen molar-refractivity contribution < 1.29 is 19.1 Å². The first kappa shape index (κ1) is 12.5. The Morgan fingerprint density at radius 1 is 1.44 bits per heavy atom. The van der Waals surface area contributed by atoms with E-state index < -0.39 is 11.9 Å². The zero-order valence-electron chi connectivity index (χ0n) is 9.97. The van der Waals surface area contributed by atoms with Crippen molar-refractivity contribution in [2.75, 3.05) is 6.54 Å². The minimum Gasteiger partial charge on any atom is -0.481 e. The first-order chi connectivity index (χ1) is 8.49. The molecule has 1 aromatic rings. The fraction of sp³-hybridized carbons (Fsp3) is 0.385. The Morgan fingerprint density at radius 3 is 2.56 bits per heavy atom. The number of aliphatic carboxylic acids is 1. The molecule has 0 aromatic heterocycles. The second-order valence-corrected chi connectivity index (χ2v) is 4.51. The van der Waals surface area contributed by atoms with E-state index >= 15 is 0 Å². The lowest BCUT2D eigenvalue weighted by atomic mass is 10.1. The number of carbonyl (C=O) groups excluding carboxylic acids is 1. The maximum absolute atomic E-state index is 12.8. The minimum absolute atomic E-state index is 0.0425. The van der Waals surface area contributed by atoms with Crippen LogP contribution in [0.15, 0.2) is 24.3 Å².